The van der Waals surface area contributed by atoms with Crippen LogP contribution in [0.25, 0.3) is 0 Å². The van der Waals surface area contributed by atoms with Crippen molar-refractivity contribution in [1.82, 2.24) is 0 Å². The first-order valence-electron chi connectivity index (χ1n) is 9.75. The molecule has 1 aromatic rings. The van der Waals surface area contributed by atoms with Crippen molar-refractivity contribution < 1.29 is 4.79 Å². The van der Waals surface area contributed by atoms with Crippen molar-refractivity contribution in [2.75, 3.05) is 0 Å². The minimum atomic E-state index is 0.197. The summed E-state index contributed by atoms with van der Waals surface area (Å²) in [7, 11) is 0. The lowest BCUT2D eigenvalue weighted by molar-refractivity contribution is 0.101. The van der Waals surface area contributed by atoms with Crippen molar-refractivity contribution in [2.24, 2.45) is 0 Å². The van der Waals surface area contributed by atoms with E-state index >= 15 is 0 Å². The zero-order chi connectivity index (χ0) is 16.9. The number of ketones is 1. The van der Waals surface area contributed by atoms with Gasteiger partial charge in [-0.15, -0.1) is 0 Å². The number of hydrogen-bond donors (Lipinski definition) is 0. The number of carbonyl (C=O) groups excluding carboxylic acids is 1. The third-order valence-electron chi connectivity index (χ3n) is 4.69. The molecule has 0 fully saturated rings. The Morgan fingerprint density at radius 1 is 0.826 bits per heavy atom. The molecule has 0 radical (unpaired) electrons. The van der Waals surface area contributed by atoms with Crippen LogP contribution in [0, 0.1) is 6.92 Å². The summed E-state index contributed by atoms with van der Waals surface area (Å²) in [5.41, 5.74) is 3.42. The van der Waals surface area contributed by atoms with Crippen LogP contribution in [-0.2, 0) is 6.42 Å². The van der Waals surface area contributed by atoms with Gasteiger partial charge in [-0.3, -0.25) is 4.79 Å². The van der Waals surface area contributed by atoms with Crippen LogP contribution >= 0.6 is 0 Å². The van der Waals surface area contributed by atoms with Gasteiger partial charge in [0.1, 0.15) is 0 Å². The van der Waals surface area contributed by atoms with Crippen LogP contribution < -0.4 is 0 Å². The Morgan fingerprint density at radius 2 is 1.35 bits per heavy atom. The molecule has 0 aromatic heterocycles. The van der Waals surface area contributed by atoms with E-state index in [1.54, 1.807) is 6.92 Å². The fourth-order valence-corrected chi connectivity index (χ4v) is 3.25. The topological polar surface area (TPSA) is 17.1 Å². The molecule has 130 valence electrons. The second-order valence-electron chi connectivity index (χ2n) is 7.00. The second-order valence-corrected chi connectivity index (χ2v) is 7.00. The van der Waals surface area contributed by atoms with Gasteiger partial charge in [-0.2, -0.15) is 0 Å². The van der Waals surface area contributed by atoms with Gasteiger partial charge >= 0.3 is 0 Å². The molecule has 0 N–H and O–H groups in total. The Morgan fingerprint density at radius 3 is 1.87 bits per heavy atom. The highest BCUT2D eigenvalue weighted by Crippen LogP contribution is 2.17. The fraction of sp³-hybridized carbons (Fsp3) is 0.682. The number of rotatable bonds is 13. The summed E-state index contributed by atoms with van der Waals surface area (Å²) < 4.78 is 0. The molecule has 0 spiro atoms. The van der Waals surface area contributed by atoms with E-state index in [4.69, 9.17) is 0 Å². The van der Waals surface area contributed by atoms with Gasteiger partial charge in [-0.05, 0) is 32.3 Å². The monoisotopic (exact) mass is 316 g/mol. The number of Topliss-reactive ketones (excluding diaryl/α,β-unsaturated/α-hetero) is 1. The number of aryl methyl sites for hydroxylation is 2. The van der Waals surface area contributed by atoms with E-state index in [0.29, 0.717) is 0 Å². The van der Waals surface area contributed by atoms with Gasteiger partial charge in [0, 0.05) is 5.56 Å². The van der Waals surface area contributed by atoms with E-state index in [9.17, 15) is 4.79 Å². The number of hydrogen-bond acceptors (Lipinski definition) is 1. The molecule has 0 saturated heterocycles. The highest BCUT2D eigenvalue weighted by molar-refractivity contribution is 5.95. The molecule has 1 heteroatoms. The van der Waals surface area contributed by atoms with Crippen LogP contribution in [0.1, 0.15) is 106 Å². The molecule has 1 rings (SSSR count). The van der Waals surface area contributed by atoms with Gasteiger partial charge in [0.15, 0.2) is 5.78 Å². The summed E-state index contributed by atoms with van der Waals surface area (Å²) in [5, 5.41) is 0. The van der Waals surface area contributed by atoms with Gasteiger partial charge in [0.2, 0.25) is 0 Å². The number of unbranched alkanes of at least 4 members (excludes halogenated alkanes) is 10. The van der Waals surface area contributed by atoms with Crippen molar-refractivity contribution in [2.45, 2.75) is 97.8 Å². The van der Waals surface area contributed by atoms with Crippen molar-refractivity contribution in [3.05, 3.63) is 34.9 Å². The van der Waals surface area contributed by atoms with E-state index in [0.717, 1.165) is 12.0 Å². The molecule has 0 unspecified atom stereocenters. The lowest BCUT2D eigenvalue weighted by Crippen LogP contribution is -2.00. The molecular weight excluding hydrogens is 280 g/mol. The van der Waals surface area contributed by atoms with Crippen LogP contribution in [0.5, 0.6) is 0 Å². The average Bonchev–Trinajstić information content (AvgIpc) is 2.52. The molecule has 0 aliphatic carbocycles. The lowest BCUT2D eigenvalue weighted by atomic mass is 9.96. The maximum atomic E-state index is 11.7. The van der Waals surface area contributed by atoms with Gasteiger partial charge in [0.05, 0.1) is 0 Å². The normalized spacial score (nSPS) is 10.9. The standard InChI is InChI=1S/C22H36O/c1-4-5-6-7-8-9-10-11-12-13-14-15-21-18-19(2)16-17-22(21)20(3)23/h16-18H,4-15H2,1-3H3. The summed E-state index contributed by atoms with van der Waals surface area (Å²) in [6.07, 6.45) is 16.1. The lowest BCUT2D eigenvalue weighted by Gasteiger charge is -2.08. The van der Waals surface area contributed by atoms with Crippen molar-refractivity contribution in [1.29, 1.82) is 0 Å². The van der Waals surface area contributed by atoms with E-state index in [1.165, 1.54) is 81.8 Å². The third-order valence-corrected chi connectivity index (χ3v) is 4.69. The Labute approximate surface area is 143 Å². The molecule has 0 aliphatic heterocycles. The Bertz CT molecular complexity index is 447. The third kappa shape index (κ3) is 8.93. The Hall–Kier alpha value is -1.11. The summed E-state index contributed by atoms with van der Waals surface area (Å²) in [6, 6.07) is 6.22. The summed E-state index contributed by atoms with van der Waals surface area (Å²) in [4.78, 5) is 11.7. The Balaban J connectivity index is 2.09. The first kappa shape index (κ1) is 19.9. The quantitative estimate of drug-likeness (QED) is 0.281. The van der Waals surface area contributed by atoms with Crippen molar-refractivity contribution in [3.8, 4) is 0 Å². The van der Waals surface area contributed by atoms with Gasteiger partial charge in [0.25, 0.3) is 0 Å². The van der Waals surface area contributed by atoms with Crippen LogP contribution in [0.2, 0.25) is 0 Å². The van der Waals surface area contributed by atoms with Gasteiger partial charge in [-0.25, -0.2) is 0 Å². The van der Waals surface area contributed by atoms with E-state index in [-0.39, 0.29) is 5.78 Å². The zero-order valence-corrected chi connectivity index (χ0v) is 15.6. The van der Waals surface area contributed by atoms with Crippen LogP contribution in [0.3, 0.4) is 0 Å². The molecule has 23 heavy (non-hydrogen) atoms. The van der Waals surface area contributed by atoms with Crippen LogP contribution in [-0.4, -0.2) is 5.78 Å². The van der Waals surface area contributed by atoms with E-state index in [2.05, 4.69) is 19.9 Å². The van der Waals surface area contributed by atoms with Gasteiger partial charge < -0.3 is 0 Å². The SMILES string of the molecule is CCCCCCCCCCCCCc1cc(C)ccc1C(C)=O. The molecule has 1 aromatic carbocycles. The minimum absolute atomic E-state index is 0.197. The van der Waals surface area contributed by atoms with Gasteiger partial charge in [-0.1, -0.05) is 94.9 Å². The predicted octanol–water partition coefficient (Wildman–Crippen LogP) is 7.05. The highest BCUT2D eigenvalue weighted by atomic mass is 16.1. The molecule has 0 saturated carbocycles. The molecule has 0 amide bonds. The minimum Gasteiger partial charge on any atom is -0.295 e. The van der Waals surface area contributed by atoms with E-state index < -0.39 is 0 Å². The van der Waals surface area contributed by atoms with Crippen molar-refractivity contribution >= 4 is 5.78 Å². The maximum absolute atomic E-state index is 11.7. The molecule has 0 aliphatic rings. The fourth-order valence-electron chi connectivity index (χ4n) is 3.25. The smallest absolute Gasteiger partial charge is 0.160 e. The maximum Gasteiger partial charge on any atom is 0.160 e. The molecular formula is C22H36O. The molecule has 1 nitrogen and oxygen atoms in total. The summed E-state index contributed by atoms with van der Waals surface area (Å²) in [5.74, 6) is 0.197. The van der Waals surface area contributed by atoms with Crippen LogP contribution in [0.15, 0.2) is 18.2 Å². The highest BCUT2D eigenvalue weighted by Gasteiger charge is 2.06. The number of benzene rings is 1. The number of carbonyl (C=O) groups is 1. The van der Waals surface area contributed by atoms with Crippen LogP contribution in [0.4, 0.5) is 0 Å². The summed E-state index contributed by atoms with van der Waals surface area (Å²) in [6.45, 7) is 6.05. The van der Waals surface area contributed by atoms with E-state index in [1.807, 2.05) is 12.1 Å². The summed E-state index contributed by atoms with van der Waals surface area (Å²) >= 11 is 0. The molecule has 0 bridgehead atoms. The largest absolute Gasteiger partial charge is 0.295 e. The second kappa shape index (κ2) is 12.3. The zero-order valence-electron chi connectivity index (χ0n) is 15.6. The van der Waals surface area contributed by atoms with Crippen molar-refractivity contribution in [3.63, 3.8) is 0 Å². The molecule has 0 heterocycles. The Kier molecular flexibility index (Phi) is 10.7. The first-order chi connectivity index (χ1) is 11.1. The first-order valence-corrected chi connectivity index (χ1v) is 9.75. The average molecular weight is 317 g/mol. The predicted molar refractivity (Wildman–Crippen MR) is 101 cm³/mol. The molecule has 0 atom stereocenters.